The van der Waals surface area contributed by atoms with E-state index in [1.165, 1.54) is 6.33 Å². The van der Waals surface area contributed by atoms with Crippen LogP contribution in [0.25, 0.3) is 33.8 Å². The predicted molar refractivity (Wildman–Crippen MR) is 149 cm³/mol. The van der Waals surface area contributed by atoms with Crippen LogP contribution in [-0.2, 0) is 4.74 Å². The van der Waals surface area contributed by atoms with E-state index in [0.29, 0.717) is 47.2 Å². The summed E-state index contributed by atoms with van der Waals surface area (Å²) < 4.78 is 13.3. The zero-order valence-corrected chi connectivity index (χ0v) is 23.8. The number of anilines is 1. The number of nitrogens with two attached hydrogens (primary N) is 1. The molecule has 12 heteroatoms. The summed E-state index contributed by atoms with van der Waals surface area (Å²) in [6.07, 6.45) is 5.90. The van der Waals surface area contributed by atoms with Crippen LogP contribution in [0, 0.1) is 6.92 Å². The van der Waals surface area contributed by atoms with Crippen molar-refractivity contribution in [3.8, 4) is 22.8 Å². The summed E-state index contributed by atoms with van der Waals surface area (Å²) >= 11 is 0. The summed E-state index contributed by atoms with van der Waals surface area (Å²) in [5.41, 5.74) is 10.1. The van der Waals surface area contributed by atoms with Crippen LogP contribution in [0.3, 0.4) is 0 Å². The number of nitrogen functional groups attached to an aromatic ring is 1. The second kappa shape index (κ2) is 9.53. The van der Waals surface area contributed by atoms with Gasteiger partial charge in [-0.15, -0.1) is 0 Å². The van der Waals surface area contributed by atoms with Gasteiger partial charge < -0.3 is 19.9 Å². The molecule has 1 saturated heterocycles. The Morgan fingerprint density at radius 1 is 1.12 bits per heavy atom. The maximum Gasteiger partial charge on any atom is 0.410 e. The maximum absolute atomic E-state index is 12.6. The third kappa shape index (κ3) is 4.65. The fraction of sp³-hybridized carbons (Fsp3) is 0.536. The first-order valence-electron chi connectivity index (χ1n) is 13.8. The summed E-state index contributed by atoms with van der Waals surface area (Å²) in [6, 6.07) is 0.0493. The fourth-order valence-corrected chi connectivity index (χ4v) is 5.33. The second-order valence-electron chi connectivity index (χ2n) is 12.0. The van der Waals surface area contributed by atoms with E-state index in [9.17, 15) is 4.79 Å². The highest BCUT2D eigenvalue weighted by atomic mass is 16.6. The van der Waals surface area contributed by atoms with Crippen LogP contribution >= 0.6 is 0 Å². The number of hydrogen-bond donors (Lipinski definition) is 1. The van der Waals surface area contributed by atoms with Crippen LogP contribution in [-0.4, -0.2) is 64.6 Å². The number of likely N-dealkylation sites (tertiary alicyclic amines) is 1. The van der Waals surface area contributed by atoms with Crippen molar-refractivity contribution in [3.05, 3.63) is 29.5 Å². The summed E-state index contributed by atoms with van der Waals surface area (Å²) in [5.74, 6) is 2.03. The van der Waals surface area contributed by atoms with Crippen molar-refractivity contribution in [1.82, 2.24) is 39.8 Å². The highest BCUT2D eigenvalue weighted by Crippen LogP contribution is 2.48. The van der Waals surface area contributed by atoms with Crippen molar-refractivity contribution < 1.29 is 14.1 Å². The summed E-state index contributed by atoms with van der Waals surface area (Å²) in [6.45, 7) is 12.9. The standard InChI is InChI=1S/C28H35N9O3/c1-14(2)37-26-20(24(29)31-13-32-26)21(34-37)22-19(23(40-35-22)16-7-8-16)25-30-11-18(15(3)33-25)17-9-10-36(12-17)27(38)39-28(4,5)6/h11,13-14,16-17H,7-10,12H2,1-6H3,(H2,29,31,32). The molecule has 2 fully saturated rings. The minimum Gasteiger partial charge on any atom is -0.444 e. The molecule has 1 unspecified atom stereocenters. The molecule has 5 heterocycles. The molecule has 4 aromatic rings. The lowest BCUT2D eigenvalue weighted by Gasteiger charge is -2.24. The van der Waals surface area contributed by atoms with Crippen LogP contribution in [0.15, 0.2) is 17.0 Å². The zero-order chi connectivity index (χ0) is 28.3. The van der Waals surface area contributed by atoms with Gasteiger partial charge in [-0.05, 0) is 66.4 Å². The Labute approximate surface area is 232 Å². The van der Waals surface area contributed by atoms with Gasteiger partial charge in [0.2, 0.25) is 0 Å². The van der Waals surface area contributed by atoms with Crippen molar-refractivity contribution in [1.29, 1.82) is 0 Å². The number of rotatable bonds is 5. The highest BCUT2D eigenvalue weighted by Gasteiger charge is 2.37. The molecule has 1 amide bonds. The molecule has 4 aromatic heterocycles. The molecule has 1 aliphatic carbocycles. The first-order chi connectivity index (χ1) is 19.0. The average molecular weight is 546 g/mol. The van der Waals surface area contributed by atoms with E-state index >= 15 is 0 Å². The molecule has 0 radical (unpaired) electrons. The van der Waals surface area contributed by atoms with E-state index in [1.807, 2.05) is 52.4 Å². The van der Waals surface area contributed by atoms with E-state index in [-0.39, 0.29) is 24.0 Å². The van der Waals surface area contributed by atoms with Gasteiger partial charge in [0, 0.05) is 42.9 Å². The average Bonchev–Trinajstić information content (AvgIpc) is 3.28. The van der Waals surface area contributed by atoms with E-state index in [1.54, 1.807) is 4.90 Å². The third-order valence-electron chi connectivity index (χ3n) is 7.42. The number of aryl methyl sites for hydroxylation is 1. The zero-order valence-electron chi connectivity index (χ0n) is 23.8. The van der Waals surface area contributed by atoms with Crippen molar-refractivity contribution in [2.75, 3.05) is 18.8 Å². The number of amides is 1. The molecule has 1 saturated carbocycles. The lowest BCUT2D eigenvalue weighted by atomic mass is 9.98. The summed E-state index contributed by atoms with van der Waals surface area (Å²) in [4.78, 5) is 32.8. The van der Waals surface area contributed by atoms with Crippen LogP contribution in [0.4, 0.5) is 10.6 Å². The van der Waals surface area contributed by atoms with Gasteiger partial charge in [0.05, 0.1) is 10.9 Å². The van der Waals surface area contributed by atoms with Gasteiger partial charge in [-0.2, -0.15) is 5.10 Å². The molecular formula is C28H35N9O3. The first kappa shape index (κ1) is 26.1. The fourth-order valence-electron chi connectivity index (χ4n) is 5.33. The van der Waals surface area contributed by atoms with E-state index < -0.39 is 5.60 Å². The number of nitrogens with zero attached hydrogens (tertiary/aromatic N) is 8. The molecular weight excluding hydrogens is 510 g/mol. The van der Waals surface area contributed by atoms with Gasteiger partial charge in [0.25, 0.3) is 0 Å². The lowest BCUT2D eigenvalue weighted by Crippen LogP contribution is -2.35. The Balaban J connectivity index is 1.38. The molecule has 0 spiro atoms. The minimum absolute atomic E-state index is 0.0493. The molecule has 210 valence electrons. The molecule has 1 aliphatic heterocycles. The van der Waals surface area contributed by atoms with Crippen LogP contribution in [0.2, 0.25) is 0 Å². The van der Waals surface area contributed by atoms with Crippen LogP contribution in [0.5, 0.6) is 0 Å². The normalized spacial score (nSPS) is 17.8. The number of hydrogen-bond acceptors (Lipinski definition) is 10. The SMILES string of the molecule is Cc1nc(-c2c(-c3nn(C(C)C)c4ncnc(N)c34)noc2C2CC2)ncc1C1CCN(C(=O)OC(C)(C)C)C1. The lowest BCUT2D eigenvalue weighted by molar-refractivity contribution is 0.0292. The Morgan fingerprint density at radius 3 is 2.58 bits per heavy atom. The van der Waals surface area contributed by atoms with Gasteiger partial charge >= 0.3 is 6.09 Å². The van der Waals surface area contributed by atoms with Crippen molar-refractivity contribution >= 4 is 22.9 Å². The molecule has 12 nitrogen and oxygen atoms in total. The Kier molecular flexibility index (Phi) is 6.23. The summed E-state index contributed by atoms with van der Waals surface area (Å²) in [5, 5.41) is 9.97. The van der Waals surface area contributed by atoms with Crippen LogP contribution in [0.1, 0.15) is 88.8 Å². The van der Waals surface area contributed by atoms with Gasteiger partial charge in [-0.3, -0.25) is 0 Å². The molecule has 6 rings (SSSR count). The molecule has 0 bridgehead atoms. The quantitative estimate of drug-likeness (QED) is 0.362. The number of ether oxygens (including phenoxy) is 1. The Morgan fingerprint density at radius 2 is 1.90 bits per heavy atom. The van der Waals surface area contributed by atoms with Gasteiger partial charge in [0.1, 0.15) is 29.1 Å². The molecule has 2 aliphatic rings. The number of carbonyl (C=O) groups excluding carboxylic acids is 1. The summed E-state index contributed by atoms with van der Waals surface area (Å²) in [7, 11) is 0. The molecule has 2 N–H and O–H groups in total. The predicted octanol–water partition coefficient (Wildman–Crippen LogP) is 5.01. The third-order valence-corrected chi connectivity index (χ3v) is 7.42. The van der Waals surface area contributed by atoms with Gasteiger partial charge in [0.15, 0.2) is 17.2 Å². The Bertz CT molecular complexity index is 1600. The molecule has 40 heavy (non-hydrogen) atoms. The number of aromatic nitrogens is 7. The van der Waals surface area contributed by atoms with Crippen molar-refractivity contribution in [2.45, 2.75) is 84.3 Å². The van der Waals surface area contributed by atoms with E-state index in [2.05, 4.69) is 15.1 Å². The number of fused-ring (bicyclic) bond motifs is 1. The Hall–Kier alpha value is -4.09. The molecule has 0 aromatic carbocycles. The largest absolute Gasteiger partial charge is 0.444 e. The maximum atomic E-state index is 12.6. The van der Waals surface area contributed by atoms with Gasteiger partial charge in [-0.25, -0.2) is 29.4 Å². The first-order valence-corrected chi connectivity index (χ1v) is 13.8. The smallest absolute Gasteiger partial charge is 0.410 e. The second-order valence-corrected chi connectivity index (χ2v) is 12.0. The highest BCUT2D eigenvalue weighted by molar-refractivity contribution is 6.00. The monoisotopic (exact) mass is 545 g/mol. The van der Waals surface area contributed by atoms with E-state index in [4.69, 9.17) is 30.1 Å². The van der Waals surface area contributed by atoms with Gasteiger partial charge in [-0.1, -0.05) is 5.16 Å². The van der Waals surface area contributed by atoms with Crippen molar-refractivity contribution in [3.63, 3.8) is 0 Å². The van der Waals surface area contributed by atoms with Crippen molar-refractivity contribution in [2.24, 2.45) is 0 Å². The minimum atomic E-state index is -0.529. The molecule has 1 atom stereocenters. The van der Waals surface area contributed by atoms with Crippen LogP contribution < -0.4 is 5.73 Å². The van der Waals surface area contributed by atoms with E-state index in [0.717, 1.165) is 41.8 Å². The number of carbonyl (C=O) groups is 1. The topological polar surface area (TPSA) is 151 Å².